The zero-order chi connectivity index (χ0) is 10.9. The van der Waals surface area contributed by atoms with E-state index in [2.05, 4.69) is 20.9 Å². The van der Waals surface area contributed by atoms with Crippen molar-refractivity contribution in [3.63, 3.8) is 0 Å². The first-order chi connectivity index (χ1) is 6.34. The van der Waals surface area contributed by atoms with Gasteiger partial charge in [0.2, 0.25) is 0 Å². The third-order valence-electron chi connectivity index (χ3n) is 1.28. The van der Waals surface area contributed by atoms with Gasteiger partial charge in [0.25, 0.3) is 14.7 Å². The molecule has 0 unspecified atom stereocenters. The molecule has 1 aromatic heterocycles. The molecule has 9 heteroatoms. The minimum Gasteiger partial charge on any atom is -0.258 e. The van der Waals surface area contributed by atoms with Gasteiger partial charge in [-0.15, -0.1) is 0 Å². The molecule has 1 aromatic rings. The van der Waals surface area contributed by atoms with Crippen molar-refractivity contribution in [1.82, 2.24) is 4.98 Å². The fourth-order valence-electron chi connectivity index (χ4n) is 0.783. The van der Waals surface area contributed by atoms with E-state index in [1.165, 1.54) is 0 Å². The fraction of sp³-hybridized carbons (Fsp3) is 0. The first kappa shape index (κ1) is 11.3. The average molecular weight is 302 g/mol. The van der Waals surface area contributed by atoms with Crippen LogP contribution in [0.3, 0.4) is 0 Å². The van der Waals surface area contributed by atoms with Crippen molar-refractivity contribution in [2.45, 2.75) is 4.90 Å². The van der Waals surface area contributed by atoms with Crippen LogP contribution in [-0.2, 0) is 9.05 Å². The highest BCUT2D eigenvalue weighted by Gasteiger charge is 2.27. The Kier molecular flexibility index (Phi) is 3.07. The van der Waals surface area contributed by atoms with Crippen molar-refractivity contribution in [1.29, 1.82) is 0 Å². The van der Waals surface area contributed by atoms with Crippen LogP contribution in [0.25, 0.3) is 0 Å². The zero-order valence-electron chi connectivity index (χ0n) is 6.35. The van der Waals surface area contributed by atoms with Gasteiger partial charge < -0.3 is 0 Å². The van der Waals surface area contributed by atoms with E-state index in [-0.39, 0.29) is 4.60 Å². The first-order valence-corrected chi connectivity index (χ1v) is 6.18. The van der Waals surface area contributed by atoms with Gasteiger partial charge in [0.05, 0.1) is 4.92 Å². The van der Waals surface area contributed by atoms with Crippen LogP contribution in [0.4, 0.5) is 5.69 Å². The number of nitro groups is 1. The van der Waals surface area contributed by atoms with E-state index < -0.39 is 24.6 Å². The Hall–Kier alpha value is -0.730. The molecule has 0 amide bonds. The van der Waals surface area contributed by atoms with Crippen molar-refractivity contribution in [2.24, 2.45) is 0 Å². The predicted octanol–water partition coefficient (Wildman–Crippen LogP) is 1.68. The summed E-state index contributed by atoms with van der Waals surface area (Å²) in [6.07, 6.45) is 1.10. The quantitative estimate of drug-likeness (QED) is 0.359. The van der Waals surface area contributed by atoms with Gasteiger partial charge in [0.15, 0.2) is 4.90 Å². The van der Waals surface area contributed by atoms with E-state index in [9.17, 15) is 18.5 Å². The molecule has 6 nitrogen and oxygen atoms in total. The van der Waals surface area contributed by atoms with Crippen LogP contribution in [0.2, 0.25) is 0 Å². The number of hydrogen-bond donors (Lipinski definition) is 0. The minimum atomic E-state index is -4.19. The summed E-state index contributed by atoms with van der Waals surface area (Å²) in [5.41, 5.74) is -0.609. The second-order valence-electron chi connectivity index (χ2n) is 2.14. The summed E-state index contributed by atoms with van der Waals surface area (Å²) in [4.78, 5) is 12.5. The summed E-state index contributed by atoms with van der Waals surface area (Å²) < 4.78 is 21.8. The van der Waals surface area contributed by atoms with Gasteiger partial charge in [0, 0.05) is 22.9 Å². The van der Waals surface area contributed by atoms with Gasteiger partial charge in [-0.2, -0.15) is 0 Å². The van der Waals surface area contributed by atoms with E-state index in [4.69, 9.17) is 10.7 Å². The lowest BCUT2D eigenvalue weighted by molar-refractivity contribution is -0.388. The van der Waals surface area contributed by atoms with Crippen LogP contribution >= 0.6 is 26.6 Å². The van der Waals surface area contributed by atoms with Crippen molar-refractivity contribution in [3.8, 4) is 0 Å². The molecule has 1 rings (SSSR count). The van der Waals surface area contributed by atoms with Crippen LogP contribution in [0.15, 0.2) is 21.8 Å². The SMILES string of the molecule is O=[N+]([O-])c1ccnc(Br)c1S(=O)(=O)Cl. The van der Waals surface area contributed by atoms with Gasteiger partial charge in [-0.25, -0.2) is 13.4 Å². The third kappa shape index (κ3) is 2.20. The van der Waals surface area contributed by atoms with E-state index in [0.717, 1.165) is 12.3 Å². The Bertz CT molecular complexity index is 489. The molecule has 0 N–H and O–H groups in total. The van der Waals surface area contributed by atoms with E-state index >= 15 is 0 Å². The summed E-state index contributed by atoms with van der Waals surface area (Å²) in [6.45, 7) is 0. The van der Waals surface area contributed by atoms with Crippen LogP contribution in [-0.4, -0.2) is 18.3 Å². The number of rotatable bonds is 2. The maximum atomic E-state index is 11.0. The number of hydrogen-bond acceptors (Lipinski definition) is 5. The standard InChI is InChI=1S/C5H2BrClN2O4S/c6-5-4(14(7,12)13)3(9(10)11)1-2-8-5/h1-2H. The second kappa shape index (κ2) is 3.79. The molecule has 0 fully saturated rings. The zero-order valence-corrected chi connectivity index (χ0v) is 9.50. The topological polar surface area (TPSA) is 90.2 Å². The van der Waals surface area contributed by atoms with Crippen molar-refractivity contribution >= 4 is 41.4 Å². The molecule has 14 heavy (non-hydrogen) atoms. The lowest BCUT2D eigenvalue weighted by Crippen LogP contribution is -2.01. The number of halogens is 2. The van der Waals surface area contributed by atoms with Gasteiger partial charge >= 0.3 is 0 Å². The molecule has 0 saturated heterocycles. The summed E-state index contributed by atoms with van der Waals surface area (Å²) in [6, 6.07) is 0.958. The van der Waals surface area contributed by atoms with Crippen LogP contribution < -0.4 is 0 Å². The molecule has 0 atom stereocenters. The molecular weight excluding hydrogens is 299 g/mol. The second-order valence-corrected chi connectivity index (χ2v) is 5.40. The highest BCUT2D eigenvalue weighted by atomic mass is 79.9. The maximum Gasteiger partial charge on any atom is 0.293 e. The largest absolute Gasteiger partial charge is 0.293 e. The molecule has 0 spiro atoms. The highest BCUT2D eigenvalue weighted by Crippen LogP contribution is 2.31. The monoisotopic (exact) mass is 300 g/mol. The smallest absolute Gasteiger partial charge is 0.258 e. The Morgan fingerprint density at radius 3 is 2.50 bits per heavy atom. The van der Waals surface area contributed by atoms with E-state index in [1.807, 2.05) is 0 Å². The summed E-state index contributed by atoms with van der Waals surface area (Å²) in [7, 11) is 0.823. The number of aromatic nitrogens is 1. The summed E-state index contributed by atoms with van der Waals surface area (Å²) >= 11 is 2.77. The lowest BCUT2D eigenvalue weighted by Gasteiger charge is -1.99. The maximum absolute atomic E-state index is 11.0. The summed E-state index contributed by atoms with van der Waals surface area (Å²) in [5.74, 6) is 0. The van der Waals surface area contributed by atoms with E-state index in [0.29, 0.717) is 0 Å². The minimum absolute atomic E-state index is 0.179. The molecule has 0 bridgehead atoms. The Morgan fingerprint density at radius 2 is 2.14 bits per heavy atom. The molecule has 1 heterocycles. The van der Waals surface area contributed by atoms with Gasteiger partial charge in [0.1, 0.15) is 4.60 Å². The van der Waals surface area contributed by atoms with Crippen molar-refractivity contribution in [2.75, 3.05) is 0 Å². The molecular formula is C5H2BrClN2O4S. The normalized spacial score (nSPS) is 11.3. The van der Waals surface area contributed by atoms with Gasteiger partial charge in [-0.1, -0.05) is 0 Å². The lowest BCUT2D eigenvalue weighted by atomic mass is 10.4. The molecule has 0 aromatic carbocycles. The molecule has 0 saturated carbocycles. The first-order valence-electron chi connectivity index (χ1n) is 3.07. The molecule has 0 aliphatic heterocycles. The Morgan fingerprint density at radius 1 is 1.57 bits per heavy atom. The average Bonchev–Trinajstić information content (AvgIpc) is 2.01. The van der Waals surface area contributed by atoms with Gasteiger partial charge in [-0.05, 0) is 15.9 Å². The Labute approximate surface area is 91.6 Å². The summed E-state index contributed by atoms with van der Waals surface area (Å²) in [5, 5.41) is 10.5. The molecule has 0 radical (unpaired) electrons. The number of nitrogens with zero attached hydrogens (tertiary/aromatic N) is 2. The van der Waals surface area contributed by atoms with Crippen LogP contribution in [0, 0.1) is 10.1 Å². The van der Waals surface area contributed by atoms with Crippen molar-refractivity contribution in [3.05, 3.63) is 27.0 Å². The van der Waals surface area contributed by atoms with E-state index in [1.54, 1.807) is 0 Å². The van der Waals surface area contributed by atoms with Crippen molar-refractivity contribution < 1.29 is 13.3 Å². The Balaban J connectivity index is 3.62. The van der Waals surface area contributed by atoms with Gasteiger partial charge in [-0.3, -0.25) is 10.1 Å². The van der Waals surface area contributed by atoms with Crippen LogP contribution in [0.5, 0.6) is 0 Å². The predicted molar refractivity (Wildman–Crippen MR) is 51.6 cm³/mol. The fourth-order valence-corrected chi connectivity index (χ4v) is 3.13. The highest BCUT2D eigenvalue weighted by molar-refractivity contribution is 9.10. The molecule has 0 aliphatic carbocycles. The third-order valence-corrected chi connectivity index (χ3v) is 3.50. The van der Waals surface area contributed by atoms with Crippen LogP contribution in [0.1, 0.15) is 0 Å². The number of pyridine rings is 1. The molecule has 0 aliphatic rings. The molecule has 76 valence electrons.